The fraction of sp³-hybridized carbons (Fsp3) is 0.304. The Morgan fingerprint density at radius 2 is 1.82 bits per heavy atom. The van der Waals surface area contributed by atoms with Gasteiger partial charge in [0.1, 0.15) is 0 Å². The van der Waals surface area contributed by atoms with Crippen LogP contribution in [0.15, 0.2) is 54.6 Å². The Labute approximate surface area is 164 Å². The van der Waals surface area contributed by atoms with Crippen molar-refractivity contribution in [3.05, 3.63) is 71.4 Å². The van der Waals surface area contributed by atoms with Gasteiger partial charge in [0.05, 0.1) is 18.7 Å². The Bertz CT molecular complexity index is 1030. The number of rotatable bonds is 4. The second-order valence-electron chi connectivity index (χ2n) is 7.37. The Morgan fingerprint density at radius 3 is 2.71 bits per heavy atom. The highest BCUT2D eigenvalue weighted by Gasteiger charge is 2.30. The van der Waals surface area contributed by atoms with Crippen molar-refractivity contribution in [3.8, 4) is 0 Å². The SMILES string of the molecule is O=C1c2cccc(N3CCOCC3)c2CN1CCc1ccc2ccccc2n1. The first-order chi connectivity index (χ1) is 13.8. The van der Waals surface area contributed by atoms with Gasteiger partial charge in [-0.1, -0.05) is 30.3 Å². The van der Waals surface area contributed by atoms with E-state index in [-0.39, 0.29) is 5.91 Å². The van der Waals surface area contributed by atoms with Gasteiger partial charge in [-0.05, 0) is 24.3 Å². The van der Waals surface area contributed by atoms with E-state index in [0.717, 1.165) is 60.4 Å². The Morgan fingerprint density at radius 1 is 0.964 bits per heavy atom. The van der Waals surface area contributed by atoms with Crippen LogP contribution in [0.5, 0.6) is 0 Å². The van der Waals surface area contributed by atoms with E-state index in [9.17, 15) is 4.79 Å². The van der Waals surface area contributed by atoms with Crippen molar-refractivity contribution in [2.75, 3.05) is 37.7 Å². The molecule has 0 N–H and O–H groups in total. The van der Waals surface area contributed by atoms with Crippen LogP contribution in [0.4, 0.5) is 5.69 Å². The van der Waals surface area contributed by atoms with Gasteiger partial charge in [-0.15, -0.1) is 0 Å². The highest BCUT2D eigenvalue weighted by Crippen LogP contribution is 2.32. The van der Waals surface area contributed by atoms with Gasteiger partial charge < -0.3 is 14.5 Å². The first-order valence-electron chi connectivity index (χ1n) is 9.88. The molecule has 2 aliphatic rings. The summed E-state index contributed by atoms with van der Waals surface area (Å²) in [5, 5.41) is 1.14. The lowest BCUT2D eigenvalue weighted by molar-refractivity contribution is 0.0780. The van der Waals surface area contributed by atoms with E-state index < -0.39 is 0 Å². The third-order valence-electron chi connectivity index (χ3n) is 5.66. The van der Waals surface area contributed by atoms with Crippen LogP contribution in [-0.2, 0) is 17.7 Å². The number of ether oxygens (including phenoxy) is 1. The molecule has 5 heteroatoms. The number of fused-ring (bicyclic) bond motifs is 2. The summed E-state index contributed by atoms with van der Waals surface area (Å²) in [5.41, 5.74) is 5.21. The quantitative estimate of drug-likeness (QED) is 0.704. The molecule has 3 heterocycles. The molecule has 5 rings (SSSR count). The monoisotopic (exact) mass is 373 g/mol. The summed E-state index contributed by atoms with van der Waals surface area (Å²) in [7, 11) is 0. The number of hydrogen-bond acceptors (Lipinski definition) is 4. The number of aromatic nitrogens is 1. The number of nitrogens with zero attached hydrogens (tertiary/aromatic N) is 3. The van der Waals surface area contributed by atoms with Crippen molar-refractivity contribution in [2.24, 2.45) is 0 Å². The predicted octanol–water partition coefficient (Wildman–Crippen LogP) is 3.27. The minimum Gasteiger partial charge on any atom is -0.378 e. The fourth-order valence-electron chi connectivity index (χ4n) is 4.15. The molecule has 1 saturated heterocycles. The molecule has 1 aromatic heterocycles. The van der Waals surface area contributed by atoms with Crippen molar-refractivity contribution in [2.45, 2.75) is 13.0 Å². The maximum absolute atomic E-state index is 12.9. The molecule has 28 heavy (non-hydrogen) atoms. The van der Waals surface area contributed by atoms with Gasteiger partial charge in [-0.2, -0.15) is 0 Å². The summed E-state index contributed by atoms with van der Waals surface area (Å²) in [6, 6.07) is 18.4. The summed E-state index contributed by atoms with van der Waals surface area (Å²) in [4.78, 5) is 22.0. The topological polar surface area (TPSA) is 45.7 Å². The molecule has 1 amide bonds. The van der Waals surface area contributed by atoms with Crippen molar-refractivity contribution in [3.63, 3.8) is 0 Å². The van der Waals surface area contributed by atoms with E-state index in [1.165, 1.54) is 5.69 Å². The molecule has 0 unspecified atom stereocenters. The minimum absolute atomic E-state index is 0.130. The molecule has 0 spiro atoms. The average molecular weight is 373 g/mol. The van der Waals surface area contributed by atoms with E-state index in [1.807, 2.05) is 35.2 Å². The van der Waals surface area contributed by atoms with Crippen LogP contribution < -0.4 is 4.90 Å². The van der Waals surface area contributed by atoms with Gasteiger partial charge >= 0.3 is 0 Å². The fourth-order valence-corrected chi connectivity index (χ4v) is 4.15. The maximum Gasteiger partial charge on any atom is 0.254 e. The molecule has 3 aromatic rings. The van der Waals surface area contributed by atoms with Crippen LogP contribution in [0.2, 0.25) is 0 Å². The first kappa shape index (κ1) is 17.2. The average Bonchev–Trinajstić information content (AvgIpc) is 3.08. The second-order valence-corrected chi connectivity index (χ2v) is 7.37. The first-order valence-corrected chi connectivity index (χ1v) is 9.88. The predicted molar refractivity (Wildman–Crippen MR) is 110 cm³/mol. The van der Waals surface area contributed by atoms with Crippen LogP contribution in [-0.4, -0.2) is 48.6 Å². The number of carbonyl (C=O) groups is 1. The third kappa shape index (κ3) is 3.12. The molecule has 2 aromatic carbocycles. The zero-order valence-corrected chi connectivity index (χ0v) is 15.8. The smallest absolute Gasteiger partial charge is 0.254 e. The molecule has 0 radical (unpaired) electrons. The summed E-state index contributed by atoms with van der Waals surface area (Å²) >= 11 is 0. The molecule has 1 fully saturated rings. The second kappa shape index (κ2) is 7.24. The summed E-state index contributed by atoms with van der Waals surface area (Å²) in [5.74, 6) is 0.130. The molecule has 0 bridgehead atoms. The zero-order valence-electron chi connectivity index (χ0n) is 15.8. The van der Waals surface area contributed by atoms with Crippen LogP contribution in [0, 0.1) is 0 Å². The number of benzene rings is 2. The summed E-state index contributed by atoms with van der Waals surface area (Å²) in [6.45, 7) is 4.61. The van der Waals surface area contributed by atoms with Gasteiger partial charge in [0.25, 0.3) is 5.91 Å². The van der Waals surface area contributed by atoms with Crippen molar-refractivity contribution >= 4 is 22.5 Å². The summed E-state index contributed by atoms with van der Waals surface area (Å²) < 4.78 is 5.47. The number of carbonyl (C=O) groups excluding carboxylic acids is 1. The number of amides is 1. The van der Waals surface area contributed by atoms with E-state index in [1.54, 1.807) is 0 Å². The summed E-state index contributed by atoms with van der Waals surface area (Å²) in [6.07, 6.45) is 0.761. The molecule has 5 nitrogen and oxygen atoms in total. The van der Waals surface area contributed by atoms with Crippen LogP contribution in [0.1, 0.15) is 21.6 Å². The molecular formula is C23H23N3O2. The number of para-hydroxylation sites is 1. The number of hydrogen-bond donors (Lipinski definition) is 0. The normalized spacial score (nSPS) is 16.6. The lowest BCUT2D eigenvalue weighted by atomic mass is 10.1. The lowest BCUT2D eigenvalue weighted by Crippen LogP contribution is -2.36. The maximum atomic E-state index is 12.9. The zero-order chi connectivity index (χ0) is 18.9. The van der Waals surface area contributed by atoms with Gasteiger partial charge in [0, 0.05) is 60.5 Å². The molecule has 0 aliphatic carbocycles. The van der Waals surface area contributed by atoms with E-state index in [4.69, 9.17) is 9.72 Å². The van der Waals surface area contributed by atoms with Crippen molar-refractivity contribution in [1.82, 2.24) is 9.88 Å². The highest BCUT2D eigenvalue weighted by atomic mass is 16.5. The van der Waals surface area contributed by atoms with Crippen molar-refractivity contribution < 1.29 is 9.53 Å². The standard InChI is InChI=1S/C23H23N3O2/c27-23-19-5-3-7-22(25-12-14-28-15-13-25)20(19)16-26(23)11-10-18-9-8-17-4-1-2-6-21(17)24-18/h1-9H,10-16H2. The van der Waals surface area contributed by atoms with Crippen LogP contribution >= 0.6 is 0 Å². The van der Waals surface area contributed by atoms with Gasteiger partial charge in [0.2, 0.25) is 0 Å². The highest BCUT2D eigenvalue weighted by molar-refractivity contribution is 6.00. The third-order valence-corrected chi connectivity index (χ3v) is 5.66. The van der Waals surface area contributed by atoms with E-state index in [2.05, 4.69) is 29.2 Å². The molecule has 2 aliphatic heterocycles. The van der Waals surface area contributed by atoms with Gasteiger partial charge in [-0.25, -0.2) is 0 Å². The van der Waals surface area contributed by atoms with Gasteiger partial charge in [-0.3, -0.25) is 9.78 Å². The number of anilines is 1. The lowest BCUT2D eigenvalue weighted by Gasteiger charge is -2.30. The molecule has 0 atom stereocenters. The Kier molecular flexibility index (Phi) is 4.45. The van der Waals surface area contributed by atoms with Crippen LogP contribution in [0.25, 0.3) is 10.9 Å². The Hall–Kier alpha value is -2.92. The Balaban J connectivity index is 1.33. The van der Waals surface area contributed by atoms with Crippen LogP contribution in [0.3, 0.4) is 0 Å². The molecular weight excluding hydrogens is 350 g/mol. The largest absolute Gasteiger partial charge is 0.378 e. The van der Waals surface area contributed by atoms with Gasteiger partial charge in [0.15, 0.2) is 0 Å². The van der Waals surface area contributed by atoms with E-state index >= 15 is 0 Å². The molecule has 142 valence electrons. The molecule has 0 saturated carbocycles. The number of morpholine rings is 1. The number of pyridine rings is 1. The van der Waals surface area contributed by atoms with E-state index in [0.29, 0.717) is 13.1 Å². The minimum atomic E-state index is 0.130. The van der Waals surface area contributed by atoms with Crippen molar-refractivity contribution in [1.29, 1.82) is 0 Å².